The SMILES string of the molecule is O=S(=O)(N=S1CCN(S(=O)(=O)c2ccc(Cl)cc2)CC1)c1ccc(-n2cncn2)cc1. The van der Waals surface area contributed by atoms with Crippen molar-refractivity contribution in [2.45, 2.75) is 9.79 Å². The molecule has 0 N–H and O–H groups in total. The first-order valence-corrected chi connectivity index (χ1v) is 13.9. The van der Waals surface area contributed by atoms with Crippen LogP contribution in [0.3, 0.4) is 0 Å². The van der Waals surface area contributed by atoms with E-state index in [4.69, 9.17) is 11.6 Å². The van der Waals surface area contributed by atoms with Crippen LogP contribution in [0.4, 0.5) is 0 Å². The van der Waals surface area contributed by atoms with Gasteiger partial charge < -0.3 is 0 Å². The number of hydrogen-bond acceptors (Lipinski definition) is 6. The fourth-order valence-electron chi connectivity index (χ4n) is 2.99. The zero-order valence-electron chi connectivity index (χ0n) is 16.1. The molecule has 0 amide bonds. The Kier molecular flexibility index (Phi) is 6.26. The van der Waals surface area contributed by atoms with Crippen LogP contribution in [0.15, 0.2) is 74.7 Å². The first-order chi connectivity index (χ1) is 14.8. The summed E-state index contributed by atoms with van der Waals surface area (Å²) >= 11 is 5.83. The first kappa shape index (κ1) is 22.1. The molecular formula is C18H18ClN5O4S3. The van der Waals surface area contributed by atoms with Crippen LogP contribution in [-0.2, 0) is 30.7 Å². The van der Waals surface area contributed by atoms with Crippen LogP contribution in [0.5, 0.6) is 0 Å². The summed E-state index contributed by atoms with van der Waals surface area (Å²) in [5.41, 5.74) is 0.680. The van der Waals surface area contributed by atoms with E-state index in [1.165, 1.54) is 58.0 Å². The molecule has 0 aliphatic carbocycles. The Bertz CT molecular complexity index is 1300. The van der Waals surface area contributed by atoms with Gasteiger partial charge in [0.2, 0.25) is 10.0 Å². The van der Waals surface area contributed by atoms with E-state index in [1.807, 2.05) is 0 Å². The molecule has 0 bridgehead atoms. The van der Waals surface area contributed by atoms with Gasteiger partial charge in [-0.1, -0.05) is 22.3 Å². The molecule has 0 radical (unpaired) electrons. The molecule has 1 fully saturated rings. The molecule has 1 aliphatic heterocycles. The fraction of sp³-hybridized carbons (Fsp3) is 0.222. The first-order valence-electron chi connectivity index (χ1n) is 9.12. The van der Waals surface area contributed by atoms with Crippen LogP contribution in [0.1, 0.15) is 0 Å². The Morgan fingerprint density at radius 3 is 2.10 bits per heavy atom. The van der Waals surface area contributed by atoms with Gasteiger partial charge in [-0.25, -0.2) is 18.1 Å². The smallest absolute Gasteiger partial charge is 0.223 e. The lowest BCUT2D eigenvalue weighted by Crippen LogP contribution is -2.41. The van der Waals surface area contributed by atoms with Crippen LogP contribution < -0.4 is 0 Å². The standard InChI is InChI=1S/C18H18ClN5O4S3/c19-15-1-5-18(6-2-15)31(27,28)23-9-11-29(12-10-23)22-30(25,26)17-7-3-16(4-8-17)24-14-20-13-21-24/h1-8,13-14H,9-12H2. The largest absolute Gasteiger partial charge is 0.287 e. The highest BCUT2D eigenvalue weighted by molar-refractivity contribution is 8.00. The van der Waals surface area contributed by atoms with Crippen LogP contribution in [-0.4, -0.2) is 60.5 Å². The van der Waals surface area contributed by atoms with E-state index in [1.54, 1.807) is 12.1 Å². The van der Waals surface area contributed by atoms with Crippen molar-refractivity contribution >= 4 is 42.3 Å². The number of rotatable bonds is 5. The van der Waals surface area contributed by atoms with Crippen LogP contribution in [0, 0.1) is 0 Å². The van der Waals surface area contributed by atoms with Crippen molar-refractivity contribution in [1.29, 1.82) is 0 Å². The number of aromatic nitrogens is 3. The van der Waals surface area contributed by atoms with E-state index in [0.29, 0.717) is 22.2 Å². The van der Waals surface area contributed by atoms with Crippen molar-refractivity contribution in [3.8, 4) is 5.69 Å². The van der Waals surface area contributed by atoms with Gasteiger partial charge in [0, 0.05) is 29.6 Å². The third-order valence-electron chi connectivity index (χ3n) is 4.63. The van der Waals surface area contributed by atoms with Crippen LogP contribution in [0.25, 0.3) is 5.69 Å². The Hall–Kier alpha value is -2.12. The number of nitrogens with zero attached hydrogens (tertiary/aromatic N) is 5. The maximum absolute atomic E-state index is 12.8. The summed E-state index contributed by atoms with van der Waals surface area (Å²) in [6.45, 7) is 0.413. The third kappa shape index (κ3) is 4.88. The third-order valence-corrected chi connectivity index (χ3v) is 10.6. The molecule has 0 atom stereocenters. The Balaban J connectivity index is 1.46. The lowest BCUT2D eigenvalue weighted by molar-refractivity contribution is 0.442. The van der Waals surface area contributed by atoms with Crippen molar-refractivity contribution in [2.24, 2.45) is 3.77 Å². The van der Waals surface area contributed by atoms with Crippen molar-refractivity contribution in [3.05, 3.63) is 66.2 Å². The van der Waals surface area contributed by atoms with Gasteiger partial charge in [-0.15, -0.1) is 3.77 Å². The summed E-state index contributed by atoms with van der Waals surface area (Å²) in [4.78, 5) is 4.10. The second-order valence-corrected chi connectivity index (χ2v) is 12.7. The second-order valence-electron chi connectivity index (χ2n) is 6.61. The van der Waals surface area contributed by atoms with Gasteiger partial charge in [-0.05, 0) is 48.5 Å². The second kappa shape index (κ2) is 8.79. The number of benzene rings is 2. The van der Waals surface area contributed by atoms with Crippen molar-refractivity contribution in [2.75, 3.05) is 24.6 Å². The molecule has 4 rings (SSSR count). The molecule has 164 valence electrons. The van der Waals surface area contributed by atoms with Gasteiger partial charge in [0.25, 0.3) is 10.0 Å². The van der Waals surface area contributed by atoms with Crippen LogP contribution >= 0.6 is 11.6 Å². The quantitative estimate of drug-likeness (QED) is 0.531. The van der Waals surface area contributed by atoms with Crippen LogP contribution in [0.2, 0.25) is 5.02 Å². The predicted octanol–water partition coefficient (Wildman–Crippen LogP) is 2.12. The van der Waals surface area contributed by atoms with Crippen molar-refractivity contribution < 1.29 is 16.8 Å². The van der Waals surface area contributed by atoms with E-state index < -0.39 is 30.7 Å². The zero-order chi connectivity index (χ0) is 22.1. The number of sulfonamides is 2. The monoisotopic (exact) mass is 499 g/mol. The summed E-state index contributed by atoms with van der Waals surface area (Å²) < 4.78 is 57.8. The van der Waals surface area contributed by atoms with Gasteiger partial charge in [0.15, 0.2) is 0 Å². The van der Waals surface area contributed by atoms with E-state index in [-0.39, 0.29) is 22.9 Å². The highest BCUT2D eigenvalue weighted by atomic mass is 35.5. The molecule has 1 aliphatic rings. The molecule has 0 saturated carbocycles. The summed E-state index contributed by atoms with van der Waals surface area (Å²) in [5, 5.41) is 4.45. The van der Waals surface area contributed by atoms with E-state index in [0.717, 1.165) is 0 Å². The highest BCUT2D eigenvalue weighted by Gasteiger charge is 2.28. The summed E-state index contributed by atoms with van der Waals surface area (Å²) in [6.07, 6.45) is 2.90. The molecule has 0 unspecified atom stereocenters. The molecule has 0 spiro atoms. The van der Waals surface area contributed by atoms with Gasteiger partial charge >= 0.3 is 0 Å². The van der Waals surface area contributed by atoms with Gasteiger partial charge in [0.1, 0.15) is 12.7 Å². The average molecular weight is 500 g/mol. The molecule has 9 nitrogen and oxygen atoms in total. The molecule has 1 aromatic heterocycles. The normalized spacial score (nSPS) is 16.3. The van der Waals surface area contributed by atoms with E-state index in [2.05, 4.69) is 13.9 Å². The van der Waals surface area contributed by atoms with Gasteiger partial charge in [-0.3, -0.25) is 0 Å². The molecule has 2 heterocycles. The number of hydrogen-bond donors (Lipinski definition) is 0. The molecule has 13 heteroatoms. The minimum Gasteiger partial charge on any atom is -0.223 e. The Morgan fingerprint density at radius 1 is 0.903 bits per heavy atom. The summed E-state index contributed by atoms with van der Waals surface area (Å²) in [6, 6.07) is 12.2. The topological polar surface area (TPSA) is 115 Å². The van der Waals surface area contributed by atoms with Crippen molar-refractivity contribution in [3.63, 3.8) is 0 Å². The maximum Gasteiger partial charge on any atom is 0.287 e. The zero-order valence-corrected chi connectivity index (χ0v) is 19.3. The minimum absolute atomic E-state index is 0.0834. The fourth-order valence-corrected chi connectivity index (χ4v) is 8.39. The number of halogens is 1. The molecular weight excluding hydrogens is 482 g/mol. The molecule has 3 aromatic rings. The Morgan fingerprint density at radius 2 is 1.52 bits per heavy atom. The molecule has 2 aromatic carbocycles. The van der Waals surface area contributed by atoms with Gasteiger partial charge in [0.05, 0.1) is 15.5 Å². The predicted molar refractivity (Wildman–Crippen MR) is 118 cm³/mol. The Labute approximate surface area is 187 Å². The minimum atomic E-state index is -3.85. The van der Waals surface area contributed by atoms with E-state index >= 15 is 0 Å². The van der Waals surface area contributed by atoms with Crippen molar-refractivity contribution in [1.82, 2.24) is 19.1 Å². The maximum atomic E-state index is 12.8. The van der Waals surface area contributed by atoms with Gasteiger partial charge in [-0.2, -0.15) is 17.8 Å². The lowest BCUT2D eigenvalue weighted by atomic mass is 10.3. The summed E-state index contributed by atoms with van der Waals surface area (Å²) in [7, 11) is -8.28. The molecule has 1 saturated heterocycles. The van der Waals surface area contributed by atoms with E-state index in [9.17, 15) is 16.8 Å². The molecule has 31 heavy (non-hydrogen) atoms. The highest BCUT2D eigenvalue weighted by Crippen LogP contribution is 2.21. The average Bonchev–Trinajstić information content (AvgIpc) is 3.29. The lowest BCUT2D eigenvalue weighted by Gasteiger charge is -2.27. The summed E-state index contributed by atoms with van der Waals surface area (Å²) in [5.74, 6) is 0.701.